The quantitative estimate of drug-likeness (QED) is 0.780. The summed E-state index contributed by atoms with van der Waals surface area (Å²) in [6.07, 6.45) is 0.924. The zero-order chi connectivity index (χ0) is 17.6. The number of halogens is 1. The molecular formula is C21H29ClN2O. The van der Waals surface area contributed by atoms with Crippen molar-refractivity contribution < 1.29 is 4.79 Å². The summed E-state index contributed by atoms with van der Waals surface area (Å²) in [5.74, 6) is -0.257. The van der Waals surface area contributed by atoms with Gasteiger partial charge in [0.1, 0.15) is 0 Å². The molecule has 0 bridgehead atoms. The lowest BCUT2D eigenvalue weighted by Crippen LogP contribution is -2.40. The van der Waals surface area contributed by atoms with Gasteiger partial charge in [0.15, 0.2) is 0 Å². The van der Waals surface area contributed by atoms with Crippen molar-refractivity contribution in [3.8, 4) is 0 Å². The third-order valence-electron chi connectivity index (χ3n) is 4.40. The number of hydrogen-bond acceptors (Lipinski definition) is 2. The van der Waals surface area contributed by atoms with E-state index in [4.69, 9.17) is 5.73 Å². The summed E-state index contributed by atoms with van der Waals surface area (Å²) in [5.41, 5.74) is 8.51. The minimum atomic E-state index is -0.288. The lowest BCUT2D eigenvalue weighted by molar-refractivity contribution is -0.125. The van der Waals surface area contributed by atoms with Crippen molar-refractivity contribution in [2.75, 3.05) is 6.54 Å². The van der Waals surface area contributed by atoms with Crippen molar-refractivity contribution in [3.05, 3.63) is 71.8 Å². The minimum absolute atomic E-state index is 0. The Bertz CT molecular complexity index is 643. The Kier molecular flexibility index (Phi) is 8.14. The van der Waals surface area contributed by atoms with E-state index in [2.05, 4.69) is 31.3 Å². The van der Waals surface area contributed by atoms with Gasteiger partial charge in [0.05, 0.1) is 5.92 Å². The second kappa shape index (κ2) is 9.59. The normalized spacial score (nSPS) is 13.4. The van der Waals surface area contributed by atoms with Gasteiger partial charge in [-0.05, 0) is 23.0 Å². The maximum absolute atomic E-state index is 12.5. The van der Waals surface area contributed by atoms with E-state index in [1.807, 2.05) is 55.5 Å². The zero-order valence-electron chi connectivity index (χ0n) is 15.2. The molecule has 1 amide bonds. The molecule has 0 aliphatic rings. The summed E-state index contributed by atoms with van der Waals surface area (Å²) in [6.45, 7) is 6.86. The van der Waals surface area contributed by atoms with E-state index in [1.165, 1.54) is 5.56 Å². The summed E-state index contributed by atoms with van der Waals surface area (Å²) in [6, 6.07) is 19.8. The van der Waals surface area contributed by atoms with Crippen LogP contribution in [0.3, 0.4) is 0 Å². The molecular weight excluding hydrogens is 332 g/mol. The number of benzene rings is 2. The Morgan fingerprint density at radius 3 is 2.12 bits per heavy atom. The molecule has 2 atom stereocenters. The number of carbonyl (C=O) groups is 1. The maximum atomic E-state index is 12.5. The maximum Gasteiger partial charge on any atom is 0.224 e. The van der Waals surface area contributed by atoms with Crippen LogP contribution in [0.25, 0.3) is 0 Å². The number of hydrogen-bond donors (Lipinski definition) is 2. The number of nitrogens with two attached hydrogens (primary N) is 1. The first-order valence-corrected chi connectivity index (χ1v) is 8.51. The molecule has 0 aliphatic heterocycles. The van der Waals surface area contributed by atoms with Crippen molar-refractivity contribution in [1.29, 1.82) is 0 Å². The standard InChI is InChI=1S/C21H28N2O.ClH/c1-16(19(22)18-12-8-5-9-13-18)20(24)23-15-21(2,3)14-17-10-6-4-7-11-17;/h4-13,16,19H,14-15,22H2,1-3H3,(H,23,24);1H. The highest BCUT2D eigenvalue weighted by atomic mass is 35.5. The van der Waals surface area contributed by atoms with E-state index in [9.17, 15) is 4.79 Å². The summed E-state index contributed by atoms with van der Waals surface area (Å²) >= 11 is 0. The molecule has 0 aliphatic carbocycles. The molecule has 0 spiro atoms. The van der Waals surface area contributed by atoms with Crippen LogP contribution in [-0.4, -0.2) is 12.5 Å². The van der Waals surface area contributed by atoms with Crippen molar-refractivity contribution in [2.45, 2.75) is 33.2 Å². The van der Waals surface area contributed by atoms with Gasteiger partial charge in [0, 0.05) is 12.6 Å². The van der Waals surface area contributed by atoms with Crippen LogP contribution in [0.4, 0.5) is 0 Å². The van der Waals surface area contributed by atoms with Gasteiger partial charge >= 0.3 is 0 Å². The highest BCUT2D eigenvalue weighted by molar-refractivity contribution is 5.85. The van der Waals surface area contributed by atoms with E-state index in [0.717, 1.165) is 12.0 Å². The minimum Gasteiger partial charge on any atom is -0.355 e. The fourth-order valence-electron chi connectivity index (χ4n) is 2.83. The third kappa shape index (κ3) is 6.52. The Morgan fingerprint density at radius 2 is 1.56 bits per heavy atom. The summed E-state index contributed by atoms with van der Waals surface area (Å²) in [5, 5.41) is 3.07. The van der Waals surface area contributed by atoms with Crippen LogP contribution in [0.5, 0.6) is 0 Å². The van der Waals surface area contributed by atoms with Crippen molar-refractivity contribution in [1.82, 2.24) is 5.32 Å². The first kappa shape index (κ1) is 21.2. The summed E-state index contributed by atoms with van der Waals surface area (Å²) in [7, 11) is 0. The van der Waals surface area contributed by atoms with E-state index >= 15 is 0 Å². The van der Waals surface area contributed by atoms with E-state index in [0.29, 0.717) is 6.54 Å². The molecule has 25 heavy (non-hydrogen) atoms. The molecule has 2 aromatic carbocycles. The van der Waals surface area contributed by atoms with Gasteiger partial charge in [-0.25, -0.2) is 0 Å². The van der Waals surface area contributed by atoms with Gasteiger partial charge in [-0.2, -0.15) is 0 Å². The van der Waals surface area contributed by atoms with Crippen LogP contribution in [0.15, 0.2) is 60.7 Å². The lowest BCUT2D eigenvalue weighted by atomic mass is 9.85. The second-order valence-electron chi connectivity index (χ2n) is 7.27. The molecule has 3 nitrogen and oxygen atoms in total. The molecule has 2 rings (SSSR count). The molecule has 0 aromatic heterocycles. The molecule has 136 valence electrons. The van der Waals surface area contributed by atoms with Gasteiger partial charge in [-0.1, -0.05) is 81.4 Å². The number of amides is 1. The van der Waals surface area contributed by atoms with Gasteiger partial charge in [-0.3, -0.25) is 4.79 Å². The van der Waals surface area contributed by atoms with Gasteiger partial charge < -0.3 is 11.1 Å². The molecule has 0 heterocycles. The van der Waals surface area contributed by atoms with E-state index in [-0.39, 0.29) is 35.7 Å². The SMILES string of the molecule is CC(C(=O)NCC(C)(C)Cc1ccccc1)C(N)c1ccccc1.Cl. The number of nitrogens with one attached hydrogen (secondary N) is 1. The van der Waals surface area contributed by atoms with Crippen LogP contribution in [0, 0.1) is 11.3 Å². The first-order valence-electron chi connectivity index (χ1n) is 8.51. The summed E-state index contributed by atoms with van der Waals surface area (Å²) < 4.78 is 0. The highest BCUT2D eigenvalue weighted by Gasteiger charge is 2.25. The number of carbonyl (C=O) groups excluding carboxylic acids is 1. The Labute approximate surface area is 157 Å². The molecule has 0 saturated heterocycles. The average molecular weight is 361 g/mol. The predicted molar refractivity (Wildman–Crippen MR) is 107 cm³/mol. The van der Waals surface area contributed by atoms with Gasteiger partial charge in [-0.15, -0.1) is 12.4 Å². The van der Waals surface area contributed by atoms with E-state index in [1.54, 1.807) is 0 Å². The topological polar surface area (TPSA) is 55.1 Å². The smallest absolute Gasteiger partial charge is 0.224 e. The average Bonchev–Trinajstić information content (AvgIpc) is 2.59. The van der Waals surface area contributed by atoms with Gasteiger partial charge in [0.2, 0.25) is 5.91 Å². The molecule has 0 fully saturated rings. The molecule has 3 N–H and O–H groups in total. The highest BCUT2D eigenvalue weighted by Crippen LogP contribution is 2.22. The van der Waals surface area contributed by atoms with Crippen LogP contribution in [0.1, 0.15) is 37.9 Å². The Morgan fingerprint density at radius 1 is 1.04 bits per heavy atom. The van der Waals surface area contributed by atoms with Crippen molar-refractivity contribution in [3.63, 3.8) is 0 Å². The Hall–Kier alpha value is -1.84. The fourth-order valence-corrected chi connectivity index (χ4v) is 2.83. The second-order valence-corrected chi connectivity index (χ2v) is 7.27. The van der Waals surface area contributed by atoms with Crippen LogP contribution >= 0.6 is 12.4 Å². The molecule has 0 radical (unpaired) electrons. The molecule has 0 saturated carbocycles. The molecule has 4 heteroatoms. The van der Waals surface area contributed by atoms with Crippen LogP contribution in [0.2, 0.25) is 0 Å². The van der Waals surface area contributed by atoms with Crippen LogP contribution < -0.4 is 11.1 Å². The van der Waals surface area contributed by atoms with Gasteiger partial charge in [0.25, 0.3) is 0 Å². The summed E-state index contributed by atoms with van der Waals surface area (Å²) in [4.78, 5) is 12.5. The fraction of sp³-hybridized carbons (Fsp3) is 0.381. The van der Waals surface area contributed by atoms with E-state index < -0.39 is 0 Å². The van der Waals surface area contributed by atoms with Crippen LogP contribution in [-0.2, 0) is 11.2 Å². The first-order chi connectivity index (χ1) is 11.4. The largest absolute Gasteiger partial charge is 0.355 e. The zero-order valence-corrected chi connectivity index (χ0v) is 16.1. The molecule has 2 aromatic rings. The van der Waals surface area contributed by atoms with Crippen molar-refractivity contribution >= 4 is 18.3 Å². The van der Waals surface area contributed by atoms with Crippen molar-refractivity contribution in [2.24, 2.45) is 17.1 Å². The monoisotopic (exact) mass is 360 g/mol. The molecule has 2 unspecified atom stereocenters. The Balaban J connectivity index is 0.00000312. The predicted octanol–water partition coefficient (Wildman–Crippen LogP) is 4.13. The lowest BCUT2D eigenvalue weighted by Gasteiger charge is -2.27. The number of rotatable bonds is 7. The third-order valence-corrected chi connectivity index (χ3v) is 4.40.